The van der Waals surface area contributed by atoms with Crippen LogP contribution in [0.2, 0.25) is 0 Å². The Bertz CT molecular complexity index is 1830. The quantitative estimate of drug-likeness (QED) is 0.167. The molecule has 0 saturated heterocycles. The molecule has 0 unspecified atom stereocenters. The second-order valence-electron chi connectivity index (χ2n) is 9.33. The van der Waals surface area contributed by atoms with Crippen LogP contribution in [0.5, 0.6) is 5.75 Å². The Morgan fingerprint density at radius 3 is 2.21 bits per heavy atom. The number of nitrogens with two attached hydrogens (primary N) is 1. The van der Waals surface area contributed by atoms with Crippen molar-refractivity contribution in [2.75, 3.05) is 31.4 Å². The first-order valence-electron chi connectivity index (χ1n) is 13.5. The van der Waals surface area contributed by atoms with E-state index in [1.165, 1.54) is 0 Å². The van der Waals surface area contributed by atoms with Crippen LogP contribution in [0, 0.1) is 6.92 Å². The molecule has 0 saturated carbocycles. The Morgan fingerprint density at radius 1 is 0.884 bits per heavy atom. The van der Waals surface area contributed by atoms with E-state index in [2.05, 4.69) is 5.32 Å². The van der Waals surface area contributed by atoms with Crippen molar-refractivity contribution in [2.24, 2.45) is 0 Å². The van der Waals surface area contributed by atoms with E-state index >= 15 is 0 Å². The molecule has 0 aliphatic rings. The number of carbonyl (C=O) groups is 3. The molecule has 220 valence electrons. The summed E-state index contributed by atoms with van der Waals surface area (Å²) in [5.74, 6) is -1.06. The highest BCUT2D eigenvalue weighted by atomic mass is 32.1. The number of nitrogens with one attached hydrogen (secondary N) is 1. The van der Waals surface area contributed by atoms with E-state index in [1.54, 1.807) is 27.9 Å². The number of rotatable bonds is 9. The van der Waals surface area contributed by atoms with Gasteiger partial charge in [-0.15, -0.1) is 22.7 Å². The van der Waals surface area contributed by atoms with Crippen molar-refractivity contribution in [3.8, 4) is 28.1 Å². The lowest BCUT2D eigenvalue weighted by Crippen LogP contribution is -2.15. The standard InChI is InChI=1S/C32H29N3O6S2/c1-5-40-31(37)23-17(3)26(32(38)41-6-2)42-29(23)35-28(36)27-25(33)24-21(18-12-14-20(39-4)15-13-18)16-22(34-30(24)43-27)19-10-8-7-9-11-19/h7-16H,5-6,33H2,1-4H3,(H,35,36). The molecule has 5 rings (SSSR count). The maximum Gasteiger partial charge on any atom is 0.348 e. The maximum atomic E-state index is 13.8. The first kappa shape index (κ1) is 29.7. The summed E-state index contributed by atoms with van der Waals surface area (Å²) in [5, 5.41) is 3.62. The number of thiophene rings is 2. The summed E-state index contributed by atoms with van der Waals surface area (Å²) in [4.78, 5) is 45.1. The van der Waals surface area contributed by atoms with Crippen molar-refractivity contribution >= 4 is 61.4 Å². The number of hydrogen-bond donors (Lipinski definition) is 2. The largest absolute Gasteiger partial charge is 0.497 e. The third-order valence-electron chi connectivity index (χ3n) is 6.69. The van der Waals surface area contributed by atoms with Gasteiger partial charge in [0.25, 0.3) is 5.91 Å². The third kappa shape index (κ3) is 5.81. The molecular formula is C32H29N3O6S2. The molecule has 1 amide bonds. The predicted molar refractivity (Wildman–Crippen MR) is 170 cm³/mol. The van der Waals surface area contributed by atoms with Crippen LogP contribution < -0.4 is 15.8 Å². The fourth-order valence-corrected chi connectivity index (χ4v) is 6.75. The van der Waals surface area contributed by atoms with E-state index in [9.17, 15) is 14.4 Å². The molecule has 0 radical (unpaired) electrons. The summed E-state index contributed by atoms with van der Waals surface area (Å²) in [7, 11) is 1.60. The normalized spacial score (nSPS) is 10.9. The van der Waals surface area contributed by atoms with Gasteiger partial charge in [0.05, 0.1) is 37.3 Å². The smallest absolute Gasteiger partial charge is 0.348 e. The highest BCUT2D eigenvalue weighted by Crippen LogP contribution is 2.42. The zero-order chi connectivity index (χ0) is 30.7. The number of fused-ring (bicyclic) bond motifs is 1. The van der Waals surface area contributed by atoms with Crippen molar-refractivity contribution in [2.45, 2.75) is 20.8 Å². The molecule has 0 bridgehead atoms. The summed E-state index contributed by atoms with van der Waals surface area (Å²) < 4.78 is 15.7. The Kier molecular flexibility index (Phi) is 8.74. The SMILES string of the molecule is CCOC(=O)c1sc(NC(=O)c2sc3nc(-c4ccccc4)cc(-c4ccc(OC)cc4)c3c2N)c(C(=O)OCC)c1C. The molecule has 2 aromatic carbocycles. The number of anilines is 2. The summed E-state index contributed by atoms with van der Waals surface area (Å²) in [6.45, 7) is 5.29. The molecule has 11 heteroatoms. The van der Waals surface area contributed by atoms with Gasteiger partial charge in [-0.05, 0) is 55.7 Å². The molecule has 3 aromatic heterocycles. The van der Waals surface area contributed by atoms with Crippen LogP contribution in [-0.4, -0.2) is 43.2 Å². The highest BCUT2D eigenvalue weighted by Gasteiger charge is 2.29. The number of nitrogens with zero attached hydrogens (tertiary/aromatic N) is 1. The molecule has 5 aromatic rings. The topological polar surface area (TPSA) is 130 Å². The van der Waals surface area contributed by atoms with Gasteiger partial charge in [-0.1, -0.05) is 42.5 Å². The van der Waals surface area contributed by atoms with Gasteiger partial charge >= 0.3 is 11.9 Å². The molecule has 0 atom stereocenters. The third-order valence-corrected chi connectivity index (χ3v) is 8.98. The summed E-state index contributed by atoms with van der Waals surface area (Å²) in [6, 6.07) is 19.3. The fourth-order valence-electron chi connectivity index (χ4n) is 4.65. The second-order valence-corrected chi connectivity index (χ2v) is 11.3. The molecule has 0 spiro atoms. The Morgan fingerprint density at radius 2 is 1.56 bits per heavy atom. The van der Waals surface area contributed by atoms with E-state index in [1.807, 2.05) is 60.7 Å². The number of hydrogen-bond acceptors (Lipinski definition) is 10. The molecule has 9 nitrogen and oxygen atoms in total. The van der Waals surface area contributed by atoms with Crippen molar-refractivity contribution in [3.63, 3.8) is 0 Å². The lowest BCUT2D eigenvalue weighted by molar-refractivity contribution is 0.0527. The number of carbonyl (C=O) groups excluding carboxylic acids is 3. The summed E-state index contributed by atoms with van der Waals surface area (Å²) in [5.41, 5.74) is 10.7. The number of nitrogen functional groups attached to an aromatic ring is 1. The van der Waals surface area contributed by atoms with Gasteiger partial charge in [-0.2, -0.15) is 0 Å². The number of esters is 2. The van der Waals surface area contributed by atoms with Gasteiger partial charge in [-0.3, -0.25) is 4.79 Å². The number of ether oxygens (including phenoxy) is 3. The Labute approximate surface area is 256 Å². The fraction of sp³-hybridized carbons (Fsp3) is 0.188. The van der Waals surface area contributed by atoms with Crippen LogP contribution in [0.15, 0.2) is 60.7 Å². The van der Waals surface area contributed by atoms with Crippen LogP contribution in [0.4, 0.5) is 10.7 Å². The minimum atomic E-state index is -0.651. The van der Waals surface area contributed by atoms with Gasteiger partial charge in [0.2, 0.25) is 0 Å². The summed E-state index contributed by atoms with van der Waals surface area (Å²) in [6.07, 6.45) is 0. The maximum absolute atomic E-state index is 13.8. The zero-order valence-corrected chi connectivity index (χ0v) is 25.6. The molecule has 3 N–H and O–H groups in total. The molecule has 43 heavy (non-hydrogen) atoms. The summed E-state index contributed by atoms with van der Waals surface area (Å²) >= 11 is 2.11. The Balaban J connectivity index is 1.62. The first-order chi connectivity index (χ1) is 20.8. The van der Waals surface area contributed by atoms with Gasteiger partial charge in [0.1, 0.15) is 25.3 Å². The number of amides is 1. The lowest BCUT2D eigenvalue weighted by Gasteiger charge is -2.10. The minimum absolute atomic E-state index is 0.103. The predicted octanol–water partition coefficient (Wildman–Crippen LogP) is 7.20. The zero-order valence-electron chi connectivity index (χ0n) is 24.0. The second kappa shape index (κ2) is 12.6. The number of aromatic nitrogens is 1. The number of methoxy groups -OCH3 is 1. The lowest BCUT2D eigenvalue weighted by atomic mass is 9.99. The number of pyridine rings is 1. The average molecular weight is 616 g/mol. The molecule has 0 aliphatic carbocycles. The van der Waals surface area contributed by atoms with E-state index in [0.29, 0.717) is 21.5 Å². The molecule has 0 aliphatic heterocycles. The van der Waals surface area contributed by atoms with Gasteiger partial charge < -0.3 is 25.3 Å². The molecule has 0 fully saturated rings. The van der Waals surface area contributed by atoms with E-state index < -0.39 is 17.8 Å². The molecular weight excluding hydrogens is 587 g/mol. The van der Waals surface area contributed by atoms with Crippen molar-refractivity contribution in [3.05, 3.63) is 81.5 Å². The minimum Gasteiger partial charge on any atom is -0.497 e. The van der Waals surface area contributed by atoms with Crippen LogP contribution in [0.3, 0.4) is 0 Å². The Hall–Kier alpha value is -4.74. The van der Waals surface area contributed by atoms with E-state index in [0.717, 1.165) is 45.1 Å². The van der Waals surface area contributed by atoms with Crippen molar-refractivity contribution in [1.29, 1.82) is 0 Å². The van der Waals surface area contributed by atoms with Crippen LogP contribution >= 0.6 is 22.7 Å². The van der Waals surface area contributed by atoms with E-state index in [4.69, 9.17) is 24.9 Å². The number of benzene rings is 2. The van der Waals surface area contributed by atoms with Crippen molar-refractivity contribution in [1.82, 2.24) is 4.98 Å². The molecule has 3 heterocycles. The van der Waals surface area contributed by atoms with Crippen LogP contribution in [0.25, 0.3) is 32.6 Å². The van der Waals surface area contributed by atoms with E-state index in [-0.39, 0.29) is 39.2 Å². The van der Waals surface area contributed by atoms with Gasteiger partial charge in [0, 0.05) is 10.9 Å². The highest BCUT2D eigenvalue weighted by molar-refractivity contribution is 7.22. The average Bonchev–Trinajstić information content (AvgIpc) is 3.53. The van der Waals surface area contributed by atoms with Crippen LogP contribution in [-0.2, 0) is 9.47 Å². The monoisotopic (exact) mass is 615 g/mol. The van der Waals surface area contributed by atoms with Gasteiger partial charge in [-0.25, -0.2) is 14.6 Å². The first-order valence-corrected chi connectivity index (χ1v) is 15.1. The van der Waals surface area contributed by atoms with Gasteiger partial charge in [0.15, 0.2) is 0 Å². The van der Waals surface area contributed by atoms with Crippen LogP contribution in [0.1, 0.15) is 49.1 Å². The van der Waals surface area contributed by atoms with Crippen molar-refractivity contribution < 1.29 is 28.6 Å².